The molecule has 2 aromatic carbocycles. The molecule has 4 rings (SSSR count). The zero-order valence-electron chi connectivity index (χ0n) is 15.8. The molecule has 1 aromatic heterocycles. The van der Waals surface area contributed by atoms with Crippen LogP contribution in [0.5, 0.6) is 11.5 Å². The Balaban J connectivity index is 1.60. The Hall–Kier alpha value is -3.32. The van der Waals surface area contributed by atoms with E-state index in [1.165, 1.54) is 7.11 Å². The summed E-state index contributed by atoms with van der Waals surface area (Å²) in [6.07, 6.45) is 3.64. The molecule has 0 bridgehead atoms. The number of aromatic nitrogens is 2. The van der Waals surface area contributed by atoms with Gasteiger partial charge < -0.3 is 20.1 Å². The Morgan fingerprint density at radius 3 is 2.86 bits per heavy atom. The molecule has 0 amide bonds. The second-order valence-corrected chi connectivity index (χ2v) is 6.77. The molecule has 29 heavy (non-hydrogen) atoms. The summed E-state index contributed by atoms with van der Waals surface area (Å²) in [4.78, 5) is 8.37. The number of ether oxygens (including phenoxy) is 2. The molecular weight excluding hydrogens is 395 g/mol. The highest BCUT2D eigenvalue weighted by molar-refractivity contribution is 6.32. The summed E-state index contributed by atoms with van der Waals surface area (Å²) < 4.78 is 25.2. The highest BCUT2D eigenvalue weighted by Gasteiger charge is 2.18. The Bertz CT molecular complexity index is 1100. The lowest BCUT2D eigenvalue weighted by Gasteiger charge is -2.10. The summed E-state index contributed by atoms with van der Waals surface area (Å²) >= 11 is 6.16. The van der Waals surface area contributed by atoms with Crippen LogP contribution in [-0.4, -0.2) is 24.1 Å². The van der Waals surface area contributed by atoms with Gasteiger partial charge in [-0.15, -0.1) is 0 Å². The monoisotopic (exact) mass is 412 g/mol. The van der Waals surface area contributed by atoms with E-state index in [1.54, 1.807) is 18.2 Å². The van der Waals surface area contributed by atoms with Crippen LogP contribution in [0.4, 0.5) is 16.0 Å². The largest absolute Gasteiger partial charge is 0.495 e. The molecule has 3 aromatic rings. The minimum Gasteiger partial charge on any atom is -0.495 e. The van der Waals surface area contributed by atoms with E-state index in [0.29, 0.717) is 22.8 Å². The van der Waals surface area contributed by atoms with Crippen molar-refractivity contribution in [3.05, 3.63) is 71.0 Å². The fourth-order valence-corrected chi connectivity index (χ4v) is 3.33. The first-order valence-corrected chi connectivity index (χ1v) is 9.25. The van der Waals surface area contributed by atoms with Crippen molar-refractivity contribution < 1.29 is 13.9 Å². The number of halogens is 2. The van der Waals surface area contributed by atoms with Crippen LogP contribution in [0, 0.1) is 5.82 Å². The molecular formula is C21H18ClFN4O2. The van der Waals surface area contributed by atoms with Gasteiger partial charge in [0.05, 0.1) is 18.3 Å². The van der Waals surface area contributed by atoms with Crippen molar-refractivity contribution in [1.29, 1.82) is 0 Å². The van der Waals surface area contributed by atoms with Gasteiger partial charge in [-0.05, 0) is 36.4 Å². The molecule has 6 nitrogen and oxygen atoms in total. The van der Waals surface area contributed by atoms with Gasteiger partial charge >= 0.3 is 0 Å². The quantitative estimate of drug-likeness (QED) is 0.634. The lowest BCUT2D eigenvalue weighted by Crippen LogP contribution is -2.01. The van der Waals surface area contributed by atoms with Gasteiger partial charge in [-0.2, -0.15) is 0 Å². The van der Waals surface area contributed by atoms with Crippen molar-refractivity contribution in [1.82, 2.24) is 15.3 Å². The first kappa shape index (κ1) is 19.0. The number of benzene rings is 2. The van der Waals surface area contributed by atoms with E-state index in [4.69, 9.17) is 21.1 Å². The summed E-state index contributed by atoms with van der Waals surface area (Å²) in [6, 6.07) is 10.7. The van der Waals surface area contributed by atoms with Crippen molar-refractivity contribution in [2.45, 2.75) is 6.42 Å². The summed E-state index contributed by atoms with van der Waals surface area (Å²) in [7, 11) is 3.35. The summed E-state index contributed by atoms with van der Waals surface area (Å²) in [6.45, 7) is 0. The van der Waals surface area contributed by atoms with E-state index in [9.17, 15) is 4.39 Å². The van der Waals surface area contributed by atoms with Gasteiger partial charge in [-0.25, -0.2) is 14.4 Å². The number of methoxy groups -OCH3 is 1. The van der Waals surface area contributed by atoms with Crippen LogP contribution in [0.25, 0.3) is 11.3 Å². The lowest BCUT2D eigenvalue weighted by molar-refractivity contribution is 0.415. The number of fused-ring (bicyclic) bond motifs is 1. The highest BCUT2D eigenvalue weighted by Crippen LogP contribution is 2.34. The minimum absolute atomic E-state index is 0.149. The molecule has 0 spiro atoms. The van der Waals surface area contributed by atoms with Gasteiger partial charge in [0.1, 0.15) is 23.0 Å². The standard InChI is InChI=1S/C21H18ClFN4O2/c1-24-10-15-8-13-7-14(4-6-18(13)29-15)26-21-25-11-17(23)20(27-21)12-3-5-19(28-2)16(22)9-12/h3-7,9-11,24H,8H2,1-2H3,(H,25,26,27). The zero-order valence-corrected chi connectivity index (χ0v) is 16.5. The number of nitrogens with one attached hydrogen (secondary N) is 2. The summed E-state index contributed by atoms with van der Waals surface area (Å²) in [5.41, 5.74) is 2.50. The molecule has 0 fully saturated rings. The lowest BCUT2D eigenvalue weighted by atomic mass is 10.1. The Labute approximate surface area is 172 Å². The van der Waals surface area contributed by atoms with E-state index < -0.39 is 5.82 Å². The molecule has 1 aliphatic rings. The Kier molecular flexibility index (Phi) is 5.22. The number of hydrogen-bond donors (Lipinski definition) is 2. The third-order valence-corrected chi connectivity index (χ3v) is 4.69. The van der Waals surface area contributed by atoms with Gasteiger partial charge in [0.2, 0.25) is 5.95 Å². The van der Waals surface area contributed by atoms with Crippen LogP contribution in [-0.2, 0) is 6.42 Å². The predicted molar refractivity (Wildman–Crippen MR) is 110 cm³/mol. The summed E-state index contributed by atoms with van der Waals surface area (Å²) in [5.74, 6) is 1.90. The molecule has 0 atom stereocenters. The number of nitrogens with zero attached hydrogens (tertiary/aromatic N) is 2. The molecule has 2 heterocycles. The molecule has 2 N–H and O–H groups in total. The molecule has 8 heteroatoms. The molecule has 0 aliphatic carbocycles. The zero-order chi connectivity index (χ0) is 20.4. The predicted octanol–water partition coefficient (Wildman–Crippen LogP) is 4.68. The third kappa shape index (κ3) is 3.95. The van der Waals surface area contributed by atoms with Crippen LogP contribution in [0.2, 0.25) is 5.02 Å². The molecule has 1 aliphatic heterocycles. The molecule has 0 radical (unpaired) electrons. The SMILES string of the molecule is CNC=C1Cc2cc(Nc3ncc(F)c(-c4ccc(OC)c(Cl)c4)n3)ccc2O1. The van der Waals surface area contributed by atoms with Crippen molar-refractivity contribution in [2.24, 2.45) is 0 Å². The molecule has 0 saturated carbocycles. The topological polar surface area (TPSA) is 68.3 Å². The van der Waals surface area contributed by atoms with Crippen molar-refractivity contribution in [2.75, 3.05) is 19.5 Å². The number of allylic oxidation sites excluding steroid dienone is 1. The first-order chi connectivity index (χ1) is 14.1. The smallest absolute Gasteiger partial charge is 0.227 e. The maximum Gasteiger partial charge on any atom is 0.227 e. The van der Waals surface area contributed by atoms with Crippen LogP contribution < -0.4 is 20.1 Å². The average molecular weight is 413 g/mol. The Morgan fingerprint density at radius 2 is 2.10 bits per heavy atom. The molecule has 148 valence electrons. The number of anilines is 2. The van der Waals surface area contributed by atoms with E-state index in [0.717, 1.165) is 29.0 Å². The maximum atomic E-state index is 14.3. The fourth-order valence-electron chi connectivity index (χ4n) is 3.07. The number of rotatable bonds is 5. The van der Waals surface area contributed by atoms with Crippen LogP contribution in [0.1, 0.15) is 5.56 Å². The van der Waals surface area contributed by atoms with Crippen LogP contribution in [0.15, 0.2) is 54.6 Å². The van der Waals surface area contributed by atoms with Crippen molar-refractivity contribution in [3.8, 4) is 22.8 Å². The Morgan fingerprint density at radius 1 is 1.24 bits per heavy atom. The van der Waals surface area contributed by atoms with Gasteiger partial charge in [0, 0.05) is 36.5 Å². The fraction of sp³-hybridized carbons (Fsp3) is 0.143. The van der Waals surface area contributed by atoms with Gasteiger partial charge in [0.25, 0.3) is 0 Å². The van der Waals surface area contributed by atoms with E-state index in [2.05, 4.69) is 20.6 Å². The second kappa shape index (κ2) is 7.97. The molecule has 0 saturated heterocycles. The minimum atomic E-state index is -0.541. The van der Waals surface area contributed by atoms with E-state index in [1.807, 2.05) is 31.4 Å². The third-order valence-electron chi connectivity index (χ3n) is 4.40. The maximum absolute atomic E-state index is 14.3. The van der Waals surface area contributed by atoms with E-state index in [-0.39, 0.29) is 11.6 Å². The van der Waals surface area contributed by atoms with Crippen molar-refractivity contribution >= 4 is 23.2 Å². The van der Waals surface area contributed by atoms with Gasteiger partial charge in [-0.1, -0.05) is 11.6 Å². The van der Waals surface area contributed by atoms with Gasteiger partial charge in [-0.3, -0.25) is 0 Å². The first-order valence-electron chi connectivity index (χ1n) is 8.88. The highest BCUT2D eigenvalue weighted by atomic mass is 35.5. The molecule has 0 unspecified atom stereocenters. The van der Waals surface area contributed by atoms with Crippen molar-refractivity contribution in [3.63, 3.8) is 0 Å². The van der Waals surface area contributed by atoms with Crippen LogP contribution in [0.3, 0.4) is 0 Å². The number of hydrogen-bond acceptors (Lipinski definition) is 6. The van der Waals surface area contributed by atoms with Crippen LogP contribution >= 0.6 is 11.6 Å². The van der Waals surface area contributed by atoms with Gasteiger partial charge in [0.15, 0.2) is 5.82 Å². The average Bonchev–Trinajstić information content (AvgIpc) is 3.11. The second-order valence-electron chi connectivity index (χ2n) is 6.37. The van der Waals surface area contributed by atoms with E-state index >= 15 is 0 Å². The normalized spacial score (nSPS) is 13.7. The summed E-state index contributed by atoms with van der Waals surface area (Å²) in [5, 5.41) is 6.46.